The highest BCUT2D eigenvalue weighted by Gasteiger charge is 2.45. The molecule has 5 rings (SSSR count). The first kappa shape index (κ1) is 28.7. The van der Waals surface area contributed by atoms with Crippen molar-refractivity contribution in [3.05, 3.63) is 142 Å². The molecule has 4 aromatic carbocycles. The summed E-state index contributed by atoms with van der Waals surface area (Å²) in [6, 6.07) is 26.1. The summed E-state index contributed by atoms with van der Waals surface area (Å²) in [5.74, 6) is 0. The van der Waals surface area contributed by atoms with E-state index in [1.54, 1.807) is 12.1 Å². The molecule has 0 saturated heterocycles. The van der Waals surface area contributed by atoms with E-state index in [1.807, 2.05) is 75.5 Å². The molecule has 0 nitrogen and oxygen atoms in total. The van der Waals surface area contributed by atoms with Crippen molar-refractivity contribution >= 4 is 29.6 Å². The normalized spacial score (nSPS) is 15.6. The van der Waals surface area contributed by atoms with Gasteiger partial charge in [0, 0.05) is 0 Å². The summed E-state index contributed by atoms with van der Waals surface area (Å²) in [4.78, 5) is 0. The molecular formula is C34H28F6Si. The molecule has 0 amide bonds. The molecule has 41 heavy (non-hydrogen) atoms. The van der Waals surface area contributed by atoms with Crippen molar-refractivity contribution < 1.29 is 26.3 Å². The number of alkyl halides is 6. The van der Waals surface area contributed by atoms with E-state index in [0.29, 0.717) is 11.1 Å². The van der Waals surface area contributed by atoms with Crippen LogP contribution in [0, 0.1) is 13.8 Å². The second-order valence-corrected chi connectivity index (χ2v) is 15.3. The topological polar surface area (TPSA) is 0 Å². The molecule has 1 aliphatic heterocycles. The summed E-state index contributed by atoms with van der Waals surface area (Å²) in [7, 11) is -2.95. The molecule has 1 heterocycles. The third-order valence-electron chi connectivity index (χ3n) is 7.57. The van der Waals surface area contributed by atoms with Gasteiger partial charge in [-0.05, 0) is 81.9 Å². The highest BCUT2D eigenvalue weighted by molar-refractivity contribution is 7.13. The van der Waals surface area contributed by atoms with Crippen molar-refractivity contribution in [3.8, 4) is 0 Å². The summed E-state index contributed by atoms with van der Waals surface area (Å²) in [6.07, 6.45) is -9.08. The van der Waals surface area contributed by atoms with Gasteiger partial charge in [0.2, 0.25) is 0 Å². The zero-order chi connectivity index (χ0) is 29.7. The van der Waals surface area contributed by atoms with Crippen LogP contribution in [0.15, 0.2) is 97.1 Å². The van der Waals surface area contributed by atoms with Gasteiger partial charge in [0.1, 0.15) is 8.07 Å². The zero-order valence-corrected chi connectivity index (χ0v) is 24.0. The Balaban J connectivity index is 1.93. The minimum Gasteiger partial charge on any atom is -0.166 e. The molecule has 7 heteroatoms. The van der Waals surface area contributed by atoms with Gasteiger partial charge in [-0.1, -0.05) is 97.0 Å². The van der Waals surface area contributed by atoms with Crippen LogP contribution in [0.2, 0.25) is 13.1 Å². The van der Waals surface area contributed by atoms with E-state index in [4.69, 9.17) is 0 Å². The minimum atomic E-state index is -4.54. The Morgan fingerprint density at radius 2 is 0.805 bits per heavy atom. The largest absolute Gasteiger partial charge is 0.416 e. The van der Waals surface area contributed by atoms with Crippen LogP contribution in [0.3, 0.4) is 0 Å². The predicted molar refractivity (Wildman–Crippen MR) is 156 cm³/mol. The molecule has 0 radical (unpaired) electrons. The van der Waals surface area contributed by atoms with Crippen LogP contribution in [0.1, 0.15) is 44.5 Å². The Morgan fingerprint density at radius 3 is 1.15 bits per heavy atom. The molecule has 0 bridgehead atoms. The Kier molecular flexibility index (Phi) is 7.14. The van der Waals surface area contributed by atoms with Crippen molar-refractivity contribution in [1.29, 1.82) is 0 Å². The van der Waals surface area contributed by atoms with E-state index in [0.717, 1.165) is 55.9 Å². The fourth-order valence-corrected chi connectivity index (χ4v) is 9.68. The number of benzene rings is 4. The first-order chi connectivity index (χ1) is 19.2. The van der Waals surface area contributed by atoms with E-state index < -0.39 is 31.6 Å². The average Bonchev–Trinajstić information content (AvgIpc) is 3.15. The first-order valence-electron chi connectivity index (χ1n) is 13.2. The molecule has 0 fully saturated rings. The van der Waals surface area contributed by atoms with Crippen LogP contribution < -0.4 is 0 Å². The molecule has 1 aliphatic rings. The van der Waals surface area contributed by atoms with Crippen LogP contribution in [0.4, 0.5) is 26.3 Å². The van der Waals surface area contributed by atoms with Crippen LogP contribution >= 0.6 is 0 Å². The standard InChI is InChI=1S/C34H28F6Si/c1-21-9-5-11-23(17-21)29-30(24-12-6-10-22(2)18-24)32(26-14-8-16-28(20-26)34(38,39)40)41(3,4)31(29)25-13-7-15-27(19-25)33(35,36)37/h5-20H,1-4H3. The second kappa shape index (κ2) is 10.2. The van der Waals surface area contributed by atoms with Gasteiger partial charge >= 0.3 is 12.4 Å². The Bertz CT molecular complexity index is 1580. The highest BCUT2D eigenvalue weighted by Crippen LogP contribution is 2.56. The van der Waals surface area contributed by atoms with Crippen LogP contribution in [-0.2, 0) is 12.4 Å². The second-order valence-electron chi connectivity index (χ2n) is 11.0. The van der Waals surface area contributed by atoms with Crippen LogP contribution in [-0.4, -0.2) is 8.07 Å². The van der Waals surface area contributed by atoms with Gasteiger partial charge < -0.3 is 0 Å². The smallest absolute Gasteiger partial charge is 0.166 e. The maximum atomic E-state index is 13.9. The molecule has 210 valence electrons. The van der Waals surface area contributed by atoms with Gasteiger partial charge in [0.25, 0.3) is 0 Å². The lowest BCUT2D eigenvalue weighted by atomic mass is 9.88. The fourth-order valence-electron chi connectivity index (χ4n) is 5.89. The summed E-state index contributed by atoms with van der Waals surface area (Å²) in [5.41, 5.74) is 4.43. The number of rotatable bonds is 4. The van der Waals surface area contributed by atoms with Crippen LogP contribution in [0.25, 0.3) is 21.5 Å². The molecule has 0 saturated carbocycles. The molecule has 0 aliphatic carbocycles. The SMILES string of the molecule is Cc1cccc(C2=C(c3cccc(C(F)(F)F)c3)[Si](C)(C)C(c3cccc(C(F)(F)F)c3)=C2c2cccc(C)c2)c1. The number of aryl methyl sites for hydroxylation is 2. The maximum Gasteiger partial charge on any atom is 0.416 e. The van der Waals surface area contributed by atoms with Crippen molar-refractivity contribution in [2.75, 3.05) is 0 Å². The third kappa shape index (κ3) is 5.43. The molecular weight excluding hydrogens is 550 g/mol. The molecule has 0 N–H and O–H groups in total. The Labute approximate surface area is 236 Å². The Morgan fingerprint density at radius 1 is 0.463 bits per heavy atom. The van der Waals surface area contributed by atoms with E-state index in [9.17, 15) is 26.3 Å². The number of halogens is 6. The lowest BCUT2D eigenvalue weighted by Crippen LogP contribution is -2.29. The maximum absolute atomic E-state index is 13.9. The quantitative estimate of drug-likeness (QED) is 0.167. The van der Waals surface area contributed by atoms with Gasteiger partial charge in [-0.25, -0.2) is 0 Å². The molecule has 0 unspecified atom stereocenters. The minimum absolute atomic E-state index is 0.431. The number of hydrogen-bond donors (Lipinski definition) is 0. The lowest BCUT2D eigenvalue weighted by molar-refractivity contribution is -0.138. The van der Waals surface area contributed by atoms with Crippen molar-refractivity contribution in [2.24, 2.45) is 0 Å². The molecule has 0 atom stereocenters. The average molecular weight is 579 g/mol. The van der Waals surface area contributed by atoms with Crippen molar-refractivity contribution in [3.63, 3.8) is 0 Å². The van der Waals surface area contributed by atoms with Gasteiger partial charge in [0.05, 0.1) is 11.1 Å². The third-order valence-corrected chi connectivity index (χ3v) is 11.1. The van der Waals surface area contributed by atoms with E-state index in [1.165, 1.54) is 24.3 Å². The van der Waals surface area contributed by atoms with E-state index in [-0.39, 0.29) is 0 Å². The van der Waals surface area contributed by atoms with Crippen molar-refractivity contribution in [1.82, 2.24) is 0 Å². The Hall–Kier alpha value is -3.84. The lowest BCUT2D eigenvalue weighted by Gasteiger charge is -2.27. The van der Waals surface area contributed by atoms with Gasteiger partial charge in [0.15, 0.2) is 0 Å². The van der Waals surface area contributed by atoms with Gasteiger partial charge in [-0.15, -0.1) is 0 Å². The van der Waals surface area contributed by atoms with E-state index >= 15 is 0 Å². The van der Waals surface area contributed by atoms with E-state index in [2.05, 4.69) is 0 Å². The molecule has 0 spiro atoms. The monoisotopic (exact) mass is 578 g/mol. The summed E-state index contributed by atoms with van der Waals surface area (Å²) >= 11 is 0. The van der Waals surface area contributed by atoms with Gasteiger partial charge in [-0.3, -0.25) is 0 Å². The number of allylic oxidation sites excluding steroid dienone is 2. The fraction of sp³-hybridized carbons (Fsp3) is 0.176. The predicted octanol–water partition coefficient (Wildman–Crippen LogP) is 10.7. The summed E-state index contributed by atoms with van der Waals surface area (Å²) in [6.45, 7) is 7.90. The first-order valence-corrected chi connectivity index (χ1v) is 16.2. The molecule has 0 aromatic heterocycles. The van der Waals surface area contributed by atoms with Crippen molar-refractivity contribution in [2.45, 2.75) is 39.3 Å². The zero-order valence-electron chi connectivity index (χ0n) is 23.0. The summed E-state index contributed by atoms with van der Waals surface area (Å²) < 4.78 is 83.3. The van der Waals surface area contributed by atoms with Crippen LogP contribution in [0.5, 0.6) is 0 Å². The highest BCUT2D eigenvalue weighted by atomic mass is 28.3. The van der Waals surface area contributed by atoms with Gasteiger partial charge in [-0.2, -0.15) is 26.3 Å². The number of hydrogen-bond acceptors (Lipinski definition) is 0. The molecule has 4 aromatic rings. The summed E-state index contributed by atoms with van der Waals surface area (Å²) in [5, 5.41) is 1.52.